The van der Waals surface area contributed by atoms with Gasteiger partial charge in [-0.1, -0.05) is 35.5 Å². The molecule has 1 aliphatic rings. The van der Waals surface area contributed by atoms with Gasteiger partial charge < -0.3 is 9.47 Å². The van der Waals surface area contributed by atoms with E-state index in [9.17, 15) is 4.79 Å². The minimum atomic E-state index is -0.314. The van der Waals surface area contributed by atoms with Crippen LogP contribution < -0.4 is 9.47 Å². The Kier molecular flexibility index (Phi) is 4.21. The number of benzene rings is 3. The average Bonchev–Trinajstić information content (AvgIpc) is 3.49. The van der Waals surface area contributed by atoms with Gasteiger partial charge in [0.15, 0.2) is 11.5 Å². The van der Waals surface area contributed by atoms with Gasteiger partial charge in [0, 0.05) is 11.8 Å². The van der Waals surface area contributed by atoms with Gasteiger partial charge in [-0.15, -0.1) is 5.10 Å². The fraction of sp³-hybridized carbons (Fsp3) is 0.0833. The lowest BCUT2D eigenvalue weighted by Gasteiger charge is -2.18. The molecule has 0 spiro atoms. The molecule has 0 atom stereocenters. The van der Waals surface area contributed by atoms with E-state index < -0.39 is 0 Å². The van der Waals surface area contributed by atoms with Gasteiger partial charge in [-0.3, -0.25) is 4.79 Å². The van der Waals surface area contributed by atoms with E-state index in [0.29, 0.717) is 47.0 Å². The van der Waals surface area contributed by atoms with Crippen molar-refractivity contribution < 1.29 is 14.3 Å². The van der Waals surface area contributed by atoms with E-state index in [-0.39, 0.29) is 5.91 Å². The zero-order chi connectivity index (χ0) is 21.5. The van der Waals surface area contributed by atoms with Crippen LogP contribution in [-0.4, -0.2) is 43.9 Å². The van der Waals surface area contributed by atoms with Crippen LogP contribution in [0.1, 0.15) is 10.4 Å². The molecule has 32 heavy (non-hydrogen) atoms. The zero-order valence-electron chi connectivity index (χ0n) is 16.9. The van der Waals surface area contributed by atoms with Crippen LogP contribution >= 0.6 is 0 Å². The molecule has 8 nitrogen and oxygen atoms in total. The van der Waals surface area contributed by atoms with Gasteiger partial charge in [0.25, 0.3) is 5.91 Å². The summed E-state index contributed by atoms with van der Waals surface area (Å²) in [7, 11) is 0. The van der Waals surface area contributed by atoms with Crippen molar-refractivity contribution in [3.63, 3.8) is 0 Å². The fourth-order valence-electron chi connectivity index (χ4n) is 3.78. The lowest BCUT2D eigenvalue weighted by molar-refractivity contribution is 0.0948. The van der Waals surface area contributed by atoms with Gasteiger partial charge in [-0.05, 0) is 42.5 Å². The number of ether oxygens (including phenoxy) is 2. The predicted molar refractivity (Wildman–Crippen MR) is 117 cm³/mol. The molecule has 0 bridgehead atoms. The zero-order valence-corrected chi connectivity index (χ0v) is 16.9. The normalized spacial score (nSPS) is 12.8. The first-order valence-electron chi connectivity index (χ1n) is 10.2. The second kappa shape index (κ2) is 7.35. The van der Waals surface area contributed by atoms with Crippen molar-refractivity contribution in [3.8, 4) is 28.4 Å². The highest BCUT2D eigenvalue weighted by Gasteiger charge is 2.24. The number of hydrogen-bond acceptors (Lipinski definition) is 6. The van der Waals surface area contributed by atoms with Gasteiger partial charge in [-0.2, -0.15) is 9.78 Å². The number of nitrogens with zero attached hydrogens (tertiary/aromatic N) is 5. The molecule has 0 unspecified atom stereocenters. The standard InChI is InChI=1S/C24H17N5O3/c30-24(29-20-9-5-4-8-19(20)25-27-29)18-15-28(17-6-2-1-3-7-17)26-23(18)16-10-11-21-22(14-16)32-13-12-31-21/h1-11,14-15H,12-13H2. The maximum atomic E-state index is 13.6. The monoisotopic (exact) mass is 423 g/mol. The smallest absolute Gasteiger partial charge is 0.284 e. The first-order chi connectivity index (χ1) is 15.8. The molecule has 6 rings (SSSR count). The van der Waals surface area contributed by atoms with Crippen molar-refractivity contribution >= 4 is 16.9 Å². The maximum absolute atomic E-state index is 13.6. The Morgan fingerprint density at radius 3 is 2.53 bits per heavy atom. The third-order valence-corrected chi connectivity index (χ3v) is 5.33. The summed E-state index contributed by atoms with van der Waals surface area (Å²) >= 11 is 0. The molecule has 0 fully saturated rings. The van der Waals surface area contributed by atoms with E-state index in [1.54, 1.807) is 10.9 Å². The number of hydrogen-bond donors (Lipinski definition) is 0. The number of fused-ring (bicyclic) bond motifs is 2. The van der Waals surface area contributed by atoms with Crippen molar-refractivity contribution in [1.29, 1.82) is 0 Å². The minimum absolute atomic E-state index is 0.314. The second-order valence-electron chi connectivity index (χ2n) is 7.33. The molecule has 3 aromatic carbocycles. The van der Waals surface area contributed by atoms with E-state index in [1.807, 2.05) is 72.8 Å². The number of carbonyl (C=O) groups is 1. The van der Waals surface area contributed by atoms with E-state index in [2.05, 4.69) is 10.3 Å². The molecule has 5 aromatic rings. The van der Waals surface area contributed by atoms with E-state index in [4.69, 9.17) is 14.6 Å². The quantitative estimate of drug-likeness (QED) is 0.440. The van der Waals surface area contributed by atoms with Crippen LogP contribution in [0.5, 0.6) is 11.5 Å². The van der Waals surface area contributed by atoms with E-state index in [0.717, 1.165) is 11.3 Å². The van der Waals surface area contributed by atoms with Crippen LogP contribution in [0.25, 0.3) is 28.0 Å². The average molecular weight is 423 g/mol. The summed E-state index contributed by atoms with van der Waals surface area (Å²) in [6.07, 6.45) is 1.72. The second-order valence-corrected chi connectivity index (χ2v) is 7.33. The first kappa shape index (κ1) is 18.3. The van der Waals surface area contributed by atoms with Crippen molar-refractivity contribution in [2.75, 3.05) is 13.2 Å². The number of carbonyl (C=O) groups excluding carboxylic acids is 1. The molecule has 2 aromatic heterocycles. The molecule has 3 heterocycles. The largest absolute Gasteiger partial charge is 0.486 e. The Labute approximate surface area is 182 Å². The molecular formula is C24H17N5O3. The van der Waals surface area contributed by atoms with Crippen molar-refractivity contribution in [1.82, 2.24) is 24.8 Å². The minimum Gasteiger partial charge on any atom is -0.486 e. The van der Waals surface area contributed by atoms with E-state index >= 15 is 0 Å². The summed E-state index contributed by atoms with van der Waals surface area (Å²) in [5.74, 6) is 0.996. The first-order valence-corrected chi connectivity index (χ1v) is 10.2. The SMILES string of the molecule is O=C(c1cn(-c2ccccc2)nc1-c1ccc2c(c1)OCCO2)n1nnc2ccccc21. The van der Waals surface area contributed by atoms with Crippen LogP contribution in [0, 0.1) is 0 Å². The molecule has 0 saturated heterocycles. The highest BCUT2D eigenvalue weighted by molar-refractivity contribution is 6.04. The molecule has 0 N–H and O–H groups in total. The Bertz CT molecular complexity index is 1460. The molecule has 0 radical (unpaired) electrons. The van der Waals surface area contributed by atoms with Crippen LogP contribution in [0.2, 0.25) is 0 Å². The molecule has 0 aliphatic carbocycles. The molecule has 1 aliphatic heterocycles. The highest BCUT2D eigenvalue weighted by Crippen LogP contribution is 2.35. The third-order valence-electron chi connectivity index (χ3n) is 5.33. The highest BCUT2D eigenvalue weighted by atomic mass is 16.6. The maximum Gasteiger partial charge on any atom is 0.284 e. The number of para-hydroxylation sites is 2. The van der Waals surface area contributed by atoms with Gasteiger partial charge in [0.1, 0.15) is 24.4 Å². The molecule has 156 valence electrons. The van der Waals surface area contributed by atoms with Crippen LogP contribution in [0.3, 0.4) is 0 Å². The number of rotatable bonds is 3. The van der Waals surface area contributed by atoms with Gasteiger partial charge in [0.05, 0.1) is 16.8 Å². The summed E-state index contributed by atoms with van der Waals surface area (Å²) in [5.41, 5.74) is 3.80. The Balaban J connectivity index is 1.52. The fourth-order valence-corrected chi connectivity index (χ4v) is 3.78. The van der Waals surface area contributed by atoms with Gasteiger partial charge in [-0.25, -0.2) is 4.68 Å². The van der Waals surface area contributed by atoms with Gasteiger partial charge in [0.2, 0.25) is 0 Å². The third kappa shape index (κ3) is 3.01. The van der Waals surface area contributed by atoms with Crippen LogP contribution in [0.15, 0.2) is 79.0 Å². The lowest BCUT2D eigenvalue weighted by Crippen LogP contribution is -2.15. The Morgan fingerprint density at radius 2 is 1.66 bits per heavy atom. The topological polar surface area (TPSA) is 84.1 Å². The molecular weight excluding hydrogens is 406 g/mol. The van der Waals surface area contributed by atoms with Crippen molar-refractivity contribution in [2.45, 2.75) is 0 Å². The summed E-state index contributed by atoms with van der Waals surface area (Å²) in [5, 5.41) is 13.0. The molecule has 8 heteroatoms. The summed E-state index contributed by atoms with van der Waals surface area (Å²) in [4.78, 5) is 13.6. The van der Waals surface area contributed by atoms with Crippen molar-refractivity contribution in [3.05, 3.63) is 84.6 Å². The van der Waals surface area contributed by atoms with Crippen LogP contribution in [-0.2, 0) is 0 Å². The van der Waals surface area contributed by atoms with Crippen molar-refractivity contribution in [2.24, 2.45) is 0 Å². The molecule has 0 amide bonds. The lowest BCUT2D eigenvalue weighted by atomic mass is 10.1. The molecule has 0 saturated carbocycles. The number of aromatic nitrogens is 5. The summed E-state index contributed by atoms with van der Waals surface area (Å²) < 4.78 is 14.4. The van der Waals surface area contributed by atoms with Gasteiger partial charge >= 0.3 is 0 Å². The summed E-state index contributed by atoms with van der Waals surface area (Å²) in [6.45, 7) is 0.990. The summed E-state index contributed by atoms with van der Waals surface area (Å²) in [6, 6.07) is 22.6. The van der Waals surface area contributed by atoms with Crippen LogP contribution in [0.4, 0.5) is 0 Å². The van der Waals surface area contributed by atoms with E-state index in [1.165, 1.54) is 4.68 Å². The predicted octanol–water partition coefficient (Wildman–Crippen LogP) is 3.74. The Morgan fingerprint density at radius 1 is 0.875 bits per heavy atom. The Hall–Kier alpha value is -4.46.